The fourth-order valence-corrected chi connectivity index (χ4v) is 6.99. The summed E-state index contributed by atoms with van der Waals surface area (Å²) in [6.07, 6.45) is 1.52. The lowest BCUT2D eigenvalue weighted by Gasteiger charge is -2.60. The third-order valence-corrected chi connectivity index (χ3v) is 8.54. The quantitative estimate of drug-likeness (QED) is 0.730. The molecule has 4 aliphatic carbocycles. The zero-order valence-electron chi connectivity index (χ0n) is 16.7. The number of hydrogen-bond donors (Lipinski definition) is 2. The van der Waals surface area contributed by atoms with Crippen molar-refractivity contribution >= 4 is 17.3 Å². The first kappa shape index (κ1) is 20.5. The molecule has 0 heterocycles. The zero-order valence-corrected chi connectivity index (χ0v) is 16.7. The van der Waals surface area contributed by atoms with Gasteiger partial charge in [-0.2, -0.15) is 0 Å². The highest BCUT2D eigenvalue weighted by molar-refractivity contribution is 6.03. The van der Waals surface area contributed by atoms with Crippen LogP contribution in [0.15, 0.2) is 23.8 Å². The molecule has 3 saturated carbocycles. The van der Waals surface area contributed by atoms with Crippen LogP contribution in [0.5, 0.6) is 0 Å². The molecule has 0 aromatic heterocycles. The van der Waals surface area contributed by atoms with Crippen LogP contribution in [-0.4, -0.2) is 51.6 Å². The van der Waals surface area contributed by atoms with Gasteiger partial charge in [-0.15, -0.1) is 0 Å². The molecule has 4 aliphatic rings. The Morgan fingerprint density at radius 2 is 1.90 bits per heavy atom. The number of Topliss-reactive ketones (excluding diaryl/α,β-unsaturated/α-hetero) is 2. The van der Waals surface area contributed by atoms with Crippen molar-refractivity contribution < 1.29 is 33.4 Å². The minimum absolute atomic E-state index is 0.0200. The first-order chi connectivity index (χ1) is 13.4. The highest BCUT2D eigenvalue weighted by atomic mass is 19.1. The molecule has 0 bridgehead atoms. The number of aliphatic hydroxyl groups excluding tert-OH is 1. The Kier molecular flexibility index (Phi) is 4.19. The summed E-state index contributed by atoms with van der Waals surface area (Å²) >= 11 is 0. The SMILES string of the molecule is CC1CC2C3CC(F)C4=CC(=O)C=CC4(C)C3(F)C(=O)CC2(C)C1(O)C(=O)CO. The Morgan fingerprint density at radius 3 is 2.52 bits per heavy atom. The van der Waals surface area contributed by atoms with Gasteiger partial charge in [0.2, 0.25) is 0 Å². The number of carbonyl (C=O) groups excluding carboxylic acids is 3. The molecule has 8 unspecified atom stereocenters. The lowest BCUT2D eigenvalue weighted by Crippen LogP contribution is -2.69. The van der Waals surface area contributed by atoms with E-state index >= 15 is 8.78 Å². The summed E-state index contributed by atoms with van der Waals surface area (Å²) in [6.45, 7) is 3.78. The molecule has 0 spiro atoms. The molecule has 29 heavy (non-hydrogen) atoms. The van der Waals surface area contributed by atoms with Crippen LogP contribution in [0.25, 0.3) is 0 Å². The van der Waals surface area contributed by atoms with Gasteiger partial charge >= 0.3 is 0 Å². The second-order valence-corrected chi connectivity index (χ2v) is 9.67. The van der Waals surface area contributed by atoms with Crippen molar-refractivity contribution in [3.63, 3.8) is 0 Å². The van der Waals surface area contributed by atoms with Crippen molar-refractivity contribution in [1.29, 1.82) is 0 Å². The Bertz CT molecular complexity index is 880. The smallest absolute Gasteiger partial charge is 0.190 e. The van der Waals surface area contributed by atoms with E-state index in [0.717, 1.165) is 6.08 Å². The maximum atomic E-state index is 16.8. The summed E-state index contributed by atoms with van der Waals surface area (Å²) in [5.74, 6) is -4.31. The number of carbonyl (C=O) groups is 3. The highest BCUT2D eigenvalue weighted by Gasteiger charge is 2.76. The van der Waals surface area contributed by atoms with E-state index in [-0.39, 0.29) is 18.4 Å². The normalized spacial score (nSPS) is 51.2. The van der Waals surface area contributed by atoms with Crippen molar-refractivity contribution in [1.82, 2.24) is 0 Å². The molecule has 0 aromatic rings. The molecule has 4 rings (SSSR count). The maximum absolute atomic E-state index is 16.8. The Labute approximate surface area is 167 Å². The number of alkyl halides is 2. The number of hydrogen-bond acceptors (Lipinski definition) is 5. The topological polar surface area (TPSA) is 91.7 Å². The summed E-state index contributed by atoms with van der Waals surface area (Å²) in [6, 6.07) is 0. The number of allylic oxidation sites excluding steroid dienone is 4. The molecule has 2 N–H and O–H groups in total. The molecule has 7 heteroatoms. The minimum Gasteiger partial charge on any atom is -0.388 e. The predicted octanol–water partition coefficient (Wildman–Crippen LogP) is 2.05. The minimum atomic E-state index is -2.43. The summed E-state index contributed by atoms with van der Waals surface area (Å²) in [5.41, 5.74) is -7.32. The van der Waals surface area contributed by atoms with Crippen molar-refractivity contribution in [3.8, 4) is 0 Å². The average Bonchev–Trinajstić information content (AvgIpc) is 2.86. The summed E-state index contributed by atoms with van der Waals surface area (Å²) in [4.78, 5) is 37.6. The average molecular weight is 408 g/mol. The van der Waals surface area contributed by atoms with E-state index in [4.69, 9.17) is 0 Å². The van der Waals surface area contributed by atoms with Gasteiger partial charge in [0.05, 0.1) is 5.41 Å². The first-order valence-electron chi connectivity index (χ1n) is 10.1. The maximum Gasteiger partial charge on any atom is 0.190 e. The van der Waals surface area contributed by atoms with Crippen LogP contribution in [0.4, 0.5) is 8.78 Å². The van der Waals surface area contributed by atoms with Gasteiger partial charge in [0.25, 0.3) is 0 Å². The standard InChI is InChI=1S/C22H26F2O5/c1-11-6-13-14-8-16(23)15-7-12(26)4-5-19(15,2)21(14,24)17(27)9-20(13,3)22(11,29)18(28)10-25/h4-5,7,11,13-14,16,25,29H,6,8-10H2,1-3H3. The fraction of sp³-hybridized carbons (Fsp3) is 0.682. The predicted molar refractivity (Wildman–Crippen MR) is 99.2 cm³/mol. The van der Waals surface area contributed by atoms with Gasteiger partial charge in [0.15, 0.2) is 23.0 Å². The van der Waals surface area contributed by atoms with Gasteiger partial charge < -0.3 is 10.2 Å². The van der Waals surface area contributed by atoms with Crippen LogP contribution in [0.1, 0.15) is 40.0 Å². The first-order valence-corrected chi connectivity index (χ1v) is 10.1. The van der Waals surface area contributed by atoms with E-state index < -0.39 is 76.4 Å². The van der Waals surface area contributed by atoms with Crippen LogP contribution >= 0.6 is 0 Å². The van der Waals surface area contributed by atoms with Crippen LogP contribution in [0.3, 0.4) is 0 Å². The summed E-state index contributed by atoms with van der Waals surface area (Å²) < 4.78 is 32.0. The van der Waals surface area contributed by atoms with Crippen LogP contribution in [-0.2, 0) is 14.4 Å². The van der Waals surface area contributed by atoms with E-state index in [1.165, 1.54) is 19.1 Å². The lowest BCUT2D eigenvalue weighted by molar-refractivity contribution is -0.189. The third-order valence-electron chi connectivity index (χ3n) is 8.54. The number of halogens is 2. The van der Waals surface area contributed by atoms with Crippen molar-refractivity contribution in [2.75, 3.05) is 6.61 Å². The molecular weight excluding hydrogens is 382 g/mol. The molecule has 158 valence electrons. The summed E-state index contributed by atoms with van der Waals surface area (Å²) in [5, 5.41) is 20.7. The molecule has 0 aliphatic heterocycles. The number of ketones is 3. The molecule has 8 atom stereocenters. The van der Waals surface area contributed by atoms with Gasteiger partial charge in [-0.05, 0) is 49.3 Å². The molecule has 0 saturated heterocycles. The molecule has 0 radical (unpaired) electrons. The molecule has 3 fully saturated rings. The van der Waals surface area contributed by atoms with E-state index in [1.54, 1.807) is 13.8 Å². The Morgan fingerprint density at radius 1 is 1.24 bits per heavy atom. The van der Waals surface area contributed by atoms with Crippen molar-refractivity contribution in [2.45, 2.75) is 57.5 Å². The number of aliphatic hydroxyl groups is 2. The van der Waals surface area contributed by atoms with Gasteiger partial charge in [0.1, 0.15) is 18.4 Å². The van der Waals surface area contributed by atoms with Gasteiger partial charge in [-0.25, -0.2) is 8.78 Å². The fourth-order valence-electron chi connectivity index (χ4n) is 6.99. The highest BCUT2D eigenvalue weighted by Crippen LogP contribution is 2.69. The zero-order chi connectivity index (χ0) is 21.6. The van der Waals surface area contributed by atoms with Gasteiger partial charge in [0, 0.05) is 17.8 Å². The molecule has 5 nitrogen and oxygen atoms in total. The lowest BCUT2D eigenvalue weighted by atomic mass is 9.45. The Hall–Kier alpha value is -1.73. The van der Waals surface area contributed by atoms with E-state index in [2.05, 4.69) is 0 Å². The van der Waals surface area contributed by atoms with Crippen LogP contribution < -0.4 is 0 Å². The molecule has 0 aromatic carbocycles. The molecular formula is C22H26F2O5. The third kappa shape index (κ3) is 2.13. The second-order valence-electron chi connectivity index (χ2n) is 9.67. The van der Waals surface area contributed by atoms with Crippen molar-refractivity contribution in [3.05, 3.63) is 23.8 Å². The van der Waals surface area contributed by atoms with E-state index in [0.29, 0.717) is 0 Å². The summed E-state index contributed by atoms with van der Waals surface area (Å²) in [7, 11) is 0. The monoisotopic (exact) mass is 408 g/mol. The Balaban J connectivity index is 1.88. The van der Waals surface area contributed by atoms with Crippen LogP contribution in [0, 0.1) is 28.6 Å². The van der Waals surface area contributed by atoms with E-state index in [1.807, 2.05) is 0 Å². The number of fused-ring (bicyclic) bond motifs is 5. The largest absolute Gasteiger partial charge is 0.388 e. The second kappa shape index (κ2) is 5.91. The molecule has 0 amide bonds. The number of rotatable bonds is 2. The van der Waals surface area contributed by atoms with E-state index in [9.17, 15) is 24.6 Å². The van der Waals surface area contributed by atoms with Gasteiger partial charge in [-0.1, -0.05) is 19.9 Å². The van der Waals surface area contributed by atoms with Crippen molar-refractivity contribution in [2.24, 2.45) is 28.6 Å². The van der Waals surface area contributed by atoms with Gasteiger partial charge in [-0.3, -0.25) is 14.4 Å². The van der Waals surface area contributed by atoms with Crippen LogP contribution in [0.2, 0.25) is 0 Å².